The first kappa shape index (κ1) is 34.4. The zero-order valence-corrected chi connectivity index (χ0v) is 28.1. The lowest BCUT2D eigenvalue weighted by molar-refractivity contribution is -0.140. The van der Waals surface area contributed by atoms with Crippen LogP contribution >= 0.6 is 0 Å². The van der Waals surface area contributed by atoms with Gasteiger partial charge in [0.05, 0.1) is 10.6 Å². The van der Waals surface area contributed by atoms with Crippen LogP contribution in [0.25, 0.3) is 0 Å². The highest BCUT2D eigenvalue weighted by molar-refractivity contribution is 7.92. The van der Waals surface area contributed by atoms with Crippen LogP contribution in [0.1, 0.15) is 37.0 Å². The number of halogens is 1. The maximum absolute atomic E-state index is 14.6. The van der Waals surface area contributed by atoms with E-state index in [4.69, 9.17) is 9.47 Å². The number of hydrogen-bond acceptors (Lipinski definition) is 6. The van der Waals surface area contributed by atoms with Crippen molar-refractivity contribution < 1.29 is 31.9 Å². The maximum Gasteiger partial charge on any atom is 0.264 e. The number of benzene rings is 4. The van der Waals surface area contributed by atoms with Crippen molar-refractivity contribution in [2.75, 3.05) is 24.1 Å². The molecule has 0 radical (unpaired) electrons. The van der Waals surface area contributed by atoms with Gasteiger partial charge >= 0.3 is 0 Å². The van der Waals surface area contributed by atoms with Crippen LogP contribution in [0, 0.1) is 12.7 Å². The summed E-state index contributed by atoms with van der Waals surface area (Å²) in [6.45, 7) is 5.78. The van der Waals surface area contributed by atoms with Gasteiger partial charge in [-0.05, 0) is 67.8 Å². The molecule has 9 nitrogen and oxygen atoms in total. The Morgan fingerprint density at radius 3 is 2.21 bits per heavy atom. The zero-order valence-electron chi connectivity index (χ0n) is 27.3. The van der Waals surface area contributed by atoms with Gasteiger partial charge < -0.3 is 19.7 Å². The van der Waals surface area contributed by atoms with Crippen LogP contribution in [0.15, 0.2) is 102 Å². The summed E-state index contributed by atoms with van der Waals surface area (Å²) >= 11 is 0. The van der Waals surface area contributed by atoms with Gasteiger partial charge in [-0.15, -0.1) is 0 Å². The van der Waals surface area contributed by atoms with Gasteiger partial charge in [-0.3, -0.25) is 13.9 Å². The van der Waals surface area contributed by atoms with Crippen molar-refractivity contribution in [3.05, 3.63) is 120 Å². The molecule has 2 amide bonds. The van der Waals surface area contributed by atoms with E-state index in [0.717, 1.165) is 33.1 Å². The largest absolute Gasteiger partial charge is 0.486 e. The lowest BCUT2D eigenvalue weighted by Crippen LogP contribution is -2.54. The Morgan fingerprint density at radius 2 is 1.54 bits per heavy atom. The summed E-state index contributed by atoms with van der Waals surface area (Å²) in [6.07, 6.45) is 0.883. The molecular formula is C37H40FN3O6S. The van der Waals surface area contributed by atoms with E-state index in [9.17, 15) is 22.4 Å². The van der Waals surface area contributed by atoms with Crippen molar-refractivity contribution in [1.82, 2.24) is 10.2 Å². The number of hydrogen-bond donors (Lipinski definition) is 1. The molecule has 0 spiro atoms. The van der Waals surface area contributed by atoms with Crippen molar-refractivity contribution in [1.29, 1.82) is 0 Å². The van der Waals surface area contributed by atoms with Gasteiger partial charge in [0.25, 0.3) is 10.0 Å². The molecule has 0 unspecified atom stereocenters. The van der Waals surface area contributed by atoms with Crippen molar-refractivity contribution in [3.8, 4) is 11.5 Å². The predicted octanol–water partition coefficient (Wildman–Crippen LogP) is 5.66. The van der Waals surface area contributed by atoms with Crippen LogP contribution in [0.5, 0.6) is 11.5 Å². The molecule has 48 heavy (non-hydrogen) atoms. The molecule has 1 aliphatic heterocycles. The van der Waals surface area contributed by atoms with Crippen LogP contribution in [-0.2, 0) is 32.6 Å². The highest BCUT2D eigenvalue weighted by Gasteiger charge is 2.35. The Labute approximate surface area is 281 Å². The highest BCUT2D eigenvalue weighted by Crippen LogP contribution is 2.34. The van der Waals surface area contributed by atoms with Crippen LogP contribution in [-0.4, -0.2) is 57.0 Å². The molecule has 5 rings (SSSR count). The number of fused-ring (bicyclic) bond motifs is 1. The van der Waals surface area contributed by atoms with E-state index in [0.29, 0.717) is 18.8 Å². The molecule has 0 aromatic heterocycles. The van der Waals surface area contributed by atoms with E-state index < -0.39 is 34.3 Å². The van der Waals surface area contributed by atoms with E-state index >= 15 is 0 Å². The molecule has 0 fully saturated rings. The zero-order chi connectivity index (χ0) is 34.3. The number of nitrogens with one attached hydrogen (secondary N) is 1. The third kappa shape index (κ3) is 8.32. The fraction of sp³-hybridized carbons (Fsp3) is 0.297. The van der Waals surface area contributed by atoms with Crippen molar-refractivity contribution in [2.45, 2.75) is 57.1 Å². The Balaban J connectivity index is 1.57. The Morgan fingerprint density at radius 1 is 0.875 bits per heavy atom. The average Bonchev–Trinajstić information content (AvgIpc) is 3.10. The van der Waals surface area contributed by atoms with Crippen molar-refractivity contribution in [2.24, 2.45) is 0 Å². The standard InChI is InChI=1S/C37H40FN3O6S/c1-4-27(3)39-37(43)33(22-28-8-6-5-7-9-28)40(24-29-12-10-26(2)11-13-29)36(42)25-41(31-16-14-30(38)15-17-31)48(44,45)32-18-19-34-35(23-32)47-21-20-46-34/h5-19,23,27,33H,4,20-22,24-25H2,1-3H3,(H,39,43)/t27-,33+/m1/s1. The molecule has 0 saturated carbocycles. The van der Waals surface area contributed by atoms with Gasteiger partial charge in [-0.1, -0.05) is 67.1 Å². The molecule has 1 aliphatic rings. The first-order valence-corrected chi connectivity index (χ1v) is 17.4. The van der Waals surface area contributed by atoms with Gasteiger partial charge in [0, 0.05) is 25.1 Å². The van der Waals surface area contributed by atoms with E-state index in [1.807, 2.05) is 75.4 Å². The SMILES string of the molecule is CC[C@@H](C)NC(=O)[C@H](Cc1ccccc1)N(Cc1ccc(C)cc1)C(=O)CN(c1ccc(F)cc1)S(=O)(=O)c1ccc2c(c1)OCCO2. The number of rotatable bonds is 13. The molecule has 11 heteroatoms. The quantitative estimate of drug-likeness (QED) is 0.197. The average molecular weight is 674 g/mol. The molecule has 0 aliphatic carbocycles. The smallest absolute Gasteiger partial charge is 0.264 e. The second kappa shape index (κ2) is 15.3. The monoisotopic (exact) mass is 673 g/mol. The fourth-order valence-electron chi connectivity index (χ4n) is 5.33. The topological polar surface area (TPSA) is 105 Å². The van der Waals surface area contributed by atoms with Crippen molar-refractivity contribution >= 4 is 27.5 Å². The number of sulfonamides is 1. The number of amides is 2. The second-order valence-electron chi connectivity index (χ2n) is 11.8. The summed E-state index contributed by atoms with van der Waals surface area (Å²) in [5.74, 6) is -0.853. The van der Waals surface area contributed by atoms with Gasteiger partial charge in [0.1, 0.15) is 31.6 Å². The lowest BCUT2D eigenvalue weighted by atomic mass is 10.0. The van der Waals surface area contributed by atoms with Gasteiger partial charge in [-0.25, -0.2) is 12.8 Å². The van der Waals surface area contributed by atoms with Crippen LogP contribution < -0.4 is 19.1 Å². The van der Waals surface area contributed by atoms with Crippen LogP contribution in [0.4, 0.5) is 10.1 Å². The van der Waals surface area contributed by atoms with Crippen molar-refractivity contribution in [3.63, 3.8) is 0 Å². The lowest BCUT2D eigenvalue weighted by Gasteiger charge is -2.34. The number of carbonyl (C=O) groups is 2. The molecule has 4 aromatic rings. The van der Waals surface area contributed by atoms with Crippen LogP contribution in [0.3, 0.4) is 0 Å². The minimum Gasteiger partial charge on any atom is -0.486 e. The van der Waals surface area contributed by atoms with E-state index in [1.54, 1.807) is 0 Å². The Bertz CT molecular complexity index is 1820. The molecule has 2 atom stereocenters. The molecule has 252 valence electrons. The van der Waals surface area contributed by atoms with Gasteiger partial charge in [-0.2, -0.15) is 0 Å². The van der Waals surface area contributed by atoms with E-state index in [1.165, 1.54) is 35.2 Å². The molecule has 0 saturated heterocycles. The molecule has 4 aromatic carbocycles. The van der Waals surface area contributed by atoms with E-state index in [2.05, 4.69) is 5.32 Å². The Hall–Kier alpha value is -4.90. The molecule has 0 bridgehead atoms. The summed E-state index contributed by atoms with van der Waals surface area (Å²) in [6, 6.07) is 25.0. The number of ether oxygens (including phenoxy) is 2. The third-order valence-electron chi connectivity index (χ3n) is 8.24. The first-order valence-electron chi connectivity index (χ1n) is 15.9. The number of carbonyl (C=O) groups excluding carboxylic acids is 2. The van der Waals surface area contributed by atoms with E-state index in [-0.39, 0.29) is 47.9 Å². The normalized spacial score (nSPS) is 13.7. The second-order valence-corrected chi connectivity index (χ2v) is 13.7. The minimum absolute atomic E-state index is 0.0475. The molecule has 1 N–H and O–H groups in total. The summed E-state index contributed by atoms with van der Waals surface area (Å²) in [7, 11) is -4.41. The minimum atomic E-state index is -4.41. The maximum atomic E-state index is 14.6. The Kier molecular flexibility index (Phi) is 11.0. The third-order valence-corrected chi connectivity index (χ3v) is 10.0. The summed E-state index contributed by atoms with van der Waals surface area (Å²) in [5.41, 5.74) is 2.72. The first-order chi connectivity index (χ1) is 23.0. The molecular weight excluding hydrogens is 633 g/mol. The van der Waals surface area contributed by atoms with Gasteiger partial charge in [0.2, 0.25) is 11.8 Å². The highest BCUT2D eigenvalue weighted by atomic mass is 32.2. The van der Waals surface area contributed by atoms with Crippen LogP contribution in [0.2, 0.25) is 0 Å². The summed E-state index contributed by atoms with van der Waals surface area (Å²) < 4.78 is 54.8. The predicted molar refractivity (Wildman–Crippen MR) is 182 cm³/mol. The number of aryl methyl sites for hydroxylation is 1. The van der Waals surface area contributed by atoms with Gasteiger partial charge in [0.15, 0.2) is 11.5 Å². The number of nitrogens with zero attached hydrogens (tertiary/aromatic N) is 2. The molecule has 1 heterocycles. The number of anilines is 1. The summed E-state index contributed by atoms with van der Waals surface area (Å²) in [4.78, 5) is 29.8. The fourth-order valence-corrected chi connectivity index (χ4v) is 6.76. The summed E-state index contributed by atoms with van der Waals surface area (Å²) in [5, 5.41) is 3.02.